The SMILES string of the molecule is COc1ccc(C(Cc2sccc2Br)NN)cc1OC. The minimum atomic E-state index is 0.0183. The highest BCUT2D eigenvalue weighted by Gasteiger charge is 2.15. The van der Waals surface area contributed by atoms with Gasteiger partial charge < -0.3 is 9.47 Å². The fraction of sp³-hybridized carbons (Fsp3) is 0.286. The molecule has 0 bridgehead atoms. The van der Waals surface area contributed by atoms with E-state index in [2.05, 4.69) is 26.7 Å². The maximum absolute atomic E-state index is 5.70. The van der Waals surface area contributed by atoms with Gasteiger partial charge in [-0.3, -0.25) is 11.3 Å². The van der Waals surface area contributed by atoms with Gasteiger partial charge >= 0.3 is 0 Å². The van der Waals surface area contributed by atoms with Gasteiger partial charge in [0.15, 0.2) is 11.5 Å². The van der Waals surface area contributed by atoms with Crippen LogP contribution in [0.1, 0.15) is 16.5 Å². The molecule has 4 nitrogen and oxygen atoms in total. The molecule has 0 spiro atoms. The lowest BCUT2D eigenvalue weighted by Gasteiger charge is -2.18. The Bertz CT molecular complexity index is 574. The zero-order valence-corrected chi connectivity index (χ0v) is 13.8. The van der Waals surface area contributed by atoms with Crippen molar-refractivity contribution in [1.29, 1.82) is 0 Å². The quantitative estimate of drug-likeness (QED) is 0.615. The van der Waals surface area contributed by atoms with E-state index in [9.17, 15) is 0 Å². The first-order chi connectivity index (χ1) is 9.69. The molecule has 6 heteroatoms. The van der Waals surface area contributed by atoms with Crippen molar-refractivity contribution in [3.63, 3.8) is 0 Å². The van der Waals surface area contributed by atoms with E-state index in [1.807, 2.05) is 24.3 Å². The Morgan fingerprint density at radius 3 is 2.55 bits per heavy atom. The highest BCUT2D eigenvalue weighted by molar-refractivity contribution is 9.10. The van der Waals surface area contributed by atoms with Crippen LogP contribution in [0.3, 0.4) is 0 Å². The number of halogens is 1. The second-order valence-electron chi connectivity index (χ2n) is 4.23. The molecule has 2 aromatic rings. The second kappa shape index (κ2) is 7.08. The third-order valence-corrected chi connectivity index (χ3v) is 5.04. The molecule has 0 aliphatic carbocycles. The first-order valence-electron chi connectivity index (χ1n) is 6.09. The third-order valence-electron chi connectivity index (χ3n) is 3.09. The van der Waals surface area contributed by atoms with E-state index in [1.165, 1.54) is 4.88 Å². The summed E-state index contributed by atoms with van der Waals surface area (Å²) in [4.78, 5) is 1.25. The summed E-state index contributed by atoms with van der Waals surface area (Å²) in [5.74, 6) is 7.12. The van der Waals surface area contributed by atoms with Crippen LogP contribution in [0, 0.1) is 0 Å². The fourth-order valence-corrected chi connectivity index (χ4v) is 3.56. The van der Waals surface area contributed by atoms with Crippen molar-refractivity contribution < 1.29 is 9.47 Å². The Labute approximate surface area is 131 Å². The van der Waals surface area contributed by atoms with Crippen LogP contribution in [0.5, 0.6) is 11.5 Å². The van der Waals surface area contributed by atoms with Gasteiger partial charge in [-0.2, -0.15) is 0 Å². The van der Waals surface area contributed by atoms with E-state index in [4.69, 9.17) is 15.3 Å². The number of hydrogen-bond donors (Lipinski definition) is 2. The molecule has 0 saturated heterocycles. The number of nitrogens with two attached hydrogens (primary N) is 1. The second-order valence-corrected chi connectivity index (χ2v) is 6.08. The number of thiophene rings is 1. The minimum Gasteiger partial charge on any atom is -0.493 e. The number of nitrogens with one attached hydrogen (secondary N) is 1. The van der Waals surface area contributed by atoms with Crippen LogP contribution in [0.4, 0.5) is 0 Å². The predicted molar refractivity (Wildman–Crippen MR) is 85.3 cm³/mol. The molecule has 1 unspecified atom stereocenters. The largest absolute Gasteiger partial charge is 0.493 e. The van der Waals surface area contributed by atoms with E-state index < -0.39 is 0 Å². The van der Waals surface area contributed by atoms with Crippen molar-refractivity contribution in [2.75, 3.05) is 14.2 Å². The van der Waals surface area contributed by atoms with Crippen LogP contribution >= 0.6 is 27.3 Å². The molecule has 0 radical (unpaired) electrons. The average molecular weight is 357 g/mol. The molecule has 108 valence electrons. The van der Waals surface area contributed by atoms with Crippen LogP contribution in [0.2, 0.25) is 0 Å². The molecule has 0 aliphatic rings. The number of hydrazine groups is 1. The first-order valence-corrected chi connectivity index (χ1v) is 7.76. The molecule has 1 heterocycles. The lowest BCUT2D eigenvalue weighted by molar-refractivity contribution is 0.354. The smallest absolute Gasteiger partial charge is 0.161 e. The van der Waals surface area contributed by atoms with Gasteiger partial charge in [0, 0.05) is 15.8 Å². The molecular weight excluding hydrogens is 340 g/mol. The van der Waals surface area contributed by atoms with Gasteiger partial charge in [-0.05, 0) is 45.1 Å². The summed E-state index contributed by atoms with van der Waals surface area (Å²) >= 11 is 5.25. The molecule has 1 aromatic heterocycles. The highest BCUT2D eigenvalue weighted by Crippen LogP contribution is 2.32. The fourth-order valence-electron chi connectivity index (χ4n) is 2.00. The van der Waals surface area contributed by atoms with Crippen molar-refractivity contribution in [2.45, 2.75) is 12.5 Å². The zero-order valence-electron chi connectivity index (χ0n) is 11.4. The van der Waals surface area contributed by atoms with Gasteiger partial charge in [0.2, 0.25) is 0 Å². The average Bonchev–Trinajstić information content (AvgIpc) is 2.89. The predicted octanol–water partition coefficient (Wildman–Crippen LogP) is 3.27. The van der Waals surface area contributed by atoms with Crippen LogP contribution in [0.25, 0.3) is 0 Å². The Kier molecular flexibility index (Phi) is 5.42. The maximum Gasteiger partial charge on any atom is 0.161 e. The summed E-state index contributed by atoms with van der Waals surface area (Å²) in [7, 11) is 3.25. The lowest BCUT2D eigenvalue weighted by atomic mass is 10.0. The van der Waals surface area contributed by atoms with Crippen LogP contribution in [0.15, 0.2) is 34.1 Å². The summed E-state index contributed by atoms with van der Waals surface area (Å²) < 4.78 is 11.7. The van der Waals surface area contributed by atoms with E-state index in [0.29, 0.717) is 11.5 Å². The van der Waals surface area contributed by atoms with Crippen LogP contribution < -0.4 is 20.7 Å². The van der Waals surface area contributed by atoms with E-state index in [0.717, 1.165) is 16.5 Å². The molecule has 1 atom stereocenters. The van der Waals surface area contributed by atoms with Crippen LogP contribution in [-0.4, -0.2) is 14.2 Å². The number of benzene rings is 1. The monoisotopic (exact) mass is 356 g/mol. The molecule has 3 N–H and O–H groups in total. The summed E-state index contributed by atoms with van der Waals surface area (Å²) in [6.45, 7) is 0. The normalized spacial score (nSPS) is 12.2. The Balaban J connectivity index is 2.25. The topological polar surface area (TPSA) is 56.5 Å². The van der Waals surface area contributed by atoms with Crippen molar-refractivity contribution in [1.82, 2.24) is 5.43 Å². The molecule has 0 fully saturated rings. The van der Waals surface area contributed by atoms with Crippen molar-refractivity contribution in [3.8, 4) is 11.5 Å². The highest BCUT2D eigenvalue weighted by atomic mass is 79.9. The molecular formula is C14H17BrN2O2S. The Morgan fingerprint density at radius 2 is 2.00 bits per heavy atom. The van der Waals surface area contributed by atoms with Gasteiger partial charge in [-0.1, -0.05) is 6.07 Å². The van der Waals surface area contributed by atoms with Gasteiger partial charge in [-0.25, -0.2) is 0 Å². The molecule has 0 aliphatic heterocycles. The minimum absolute atomic E-state index is 0.0183. The Morgan fingerprint density at radius 1 is 1.25 bits per heavy atom. The summed E-state index contributed by atoms with van der Waals surface area (Å²) in [5, 5.41) is 2.06. The standard InChI is InChI=1S/C14H17BrN2O2S/c1-18-12-4-3-9(7-13(12)19-2)11(17-16)8-14-10(15)5-6-20-14/h3-7,11,17H,8,16H2,1-2H3. The van der Waals surface area contributed by atoms with Gasteiger partial charge in [0.25, 0.3) is 0 Å². The van der Waals surface area contributed by atoms with Crippen LogP contribution in [-0.2, 0) is 6.42 Å². The summed E-state index contributed by atoms with van der Waals surface area (Å²) in [6.07, 6.45) is 0.810. The molecule has 0 saturated carbocycles. The van der Waals surface area contributed by atoms with Crippen molar-refractivity contribution >= 4 is 27.3 Å². The number of rotatable bonds is 6. The first kappa shape index (κ1) is 15.3. The number of hydrogen-bond acceptors (Lipinski definition) is 5. The maximum atomic E-state index is 5.70. The molecule has 0 amide bonds. The molecule has 2 rings (SSSR count). The van der Waals surface area contributed by atoms with E-state index in [1.54, 1.807) is 25.6 Å². The summed E-state index contributed by atoms with van der Waals surface area (Å²) in [5.41, 5.74) is 3.92. The van der Waals surface area contributed by atoms with Gasteiger partial charge in [-0.15, -0.1) is 11.3 Å². The van der Waals surface area contributed by atoms with Gasteiger partial charge in [0.1, 0.15) is 0 Å². The number of methoxy groups -OCH3 is 2. The zero-order chi connectivity index (χ0) is 14.5. The van der Waals surface area contributed by atoms with Crippen molar-refractivity contribution in [2.24, 2.45) is 5.84 Å². The molecule has 20 heavy (non-hydrogen) atoms. The van der Waals surface area contributed by atoms with E-state index >= 15 is 0 Å². The lowest BCUT2D eigenvalue weighted by Crippen LogP contribution is -2.29. The third kappa shape index (κ3) is 3.32. The number of ether oxygens (including phenoxy) is 2. The van der Waals surface area contributed by atoms with Crippen molar-refractivity contribution in [3.05, 3.63) is 44.6 Å². The Hall–Kier alpha value is -1.08. The molecule has 1 aromatic carbocycles. The van der Waals surface area contributed by atoms with E-state index in [-0.39, 0.29) is 6.04 Å². The summed E-state index contributed by atoms with van der Waals surface area (Å²) in [6, 6.07) is 7.90. The van der Waals surface area contributed by atoms with Gasteiger partial charge in [0.05, 0.1) is 20.3 Å².